The second-order valence-corrected chi connectivity index (χ2v) is 4.65. The summed E-state index contributed by atoms with van der Waals surface area (Å²) in [5.74, 6) is 1.28. The van der Waals surface area contributed by atoms with Gasteiger partial charge < -0.3 is 19.7 Å². The minimum absolute atomic E-state index is 0.0196. The number of amides is 1. The number of carbonyl (C=O) groups is 1. The summed E-state index contributed by atoms with van der Waals surface area (Å²) in [6.45, 7) is 4.42. The van der Waals surface area contributed by atoms with Crippen molar-refractivity contribution in [1.29, 1.82) is 0 Å². The fraction of sp³-hybridized carbons (Fsp3) is 0.500. The summed E-state index contributed by atoms with van der Waals surface area (Å²) in [4.78, 5) is 14.4. The average molecular weight is 264 g/mol. The third kappa shape index (κ3) is 2.98. The van der Waals surface area contributed by atoms with E-state index in [9.17, 15) is 4.79 Å². The van der Waals surface area contributed by atoms with E-state index in [-0.39, 0.29) is 11.9 Å². The van der Waals surface area contributed by atoms with Crippen molar-refractivity contribution in [2.75, 3.05) is 33.9 Å². The summed E-state index contributed by atoms with van der Waals surface area (Å²) in [5, 5.41) is 3.27. The summed E-state index contributed by atoms with van der Waals surface area (Å²) in [7, 11) is 3.16. The number of hydrogen-bond donors (Lipinski definition) is 1. The van der Waals surface area contributed by atoms with Gasteiger partial charge in [-0.05, 0) is 19.1 Å². The van der Waals surface area contributed by atoms with Crippen molar-refractivity contribution in [2.24, 2.45) is 0 Å². The number of ether oxygens (including phenoxy) is 2. The predicted octanol–water partition coefficient (Wildman–Crippen LogP) is 1.14. The highest BCUT2D eigenvalue weighted by Crippen LogP contribution is 2.24. The largest absolute Gasteiger partial charge is 0.497 e. The van der Waals surface area contributed by atoms with E-state index in [0.29, 0.717) is 17.1 Å². The fourth-order valence-electron chi connectivity index (χ4n) is 2.24. The Morgan fingerprint density at radius 2 is 1.89 bits per heavy atom. The van der Waals surface area contributed by atoms with Crippen LogP contribution in [0.3, 0.4) is 0 Å². The quantitative estimate of drug-likeness (QED) is 0.889. The molecule has 1 fully saturated rings. The van der Waals surface area contributed by atoms with Crippen LogP contribution in [-0.4, -0.2) is 50.7 Å². The molecule has 0 aromatic heterocycles. The lowest BCUT2D eigenvalue weighted by Gasteiger charge is -2.34. The van der Waals surface area contributed by atoms with Gasteiger partial charge in [0.05, 0.1) is 14.2 Å². The molecule has 0 unspecified atom stereocenters. The molecule has 1 aromatic carbocycles. The molecule has 5 heteroatoms. The normalized spacial score (nSPS) is 19.1. The molecule has 1 N–H and O–H groups in total. The van der Waals surface area contributed by atoms with Crippen LogP contribution in [0.25, 0.3) is 0 Å². The number of piperazine rings is 1. The Morgan fingerprint density at radius 3 is 2.42 bits per heavy atom. The fourth-order valence-corrected chi connectivity index (χ4v) is 2.24. The molecule has 1 atom stereocenters. The zero-order valence-corrected chi connectivity index (χ0v) is 11.6. The van der Waals surface area contributed by atoms with E-state index in [1.54, 1.807) is 32.4 Å². The highest BCUT2D eigenvalue weighted by Gasteiger charge is 2.24. The van der Waals surface area contributed by atoms with Gasteiger partial charge in [0.15, 0.2) is 0 Å². The van der Waals surface area contributed by atoms with Crippen LogP contribution in [-0.2, 0) is 0 Å². The third-order valence-electron chi connectivity index (χ3n) is 3.36. The number of nitrogens with one attached hydrogen (secondary N) is 1. The molecule has 0 aliphatic carbocycles. The first-order chi connectivity index (χ1) is 9.15. The topological polar surface area (TPSA) is 50.8 Å². The van der Waals surface area contributed by atoms with Gasteiger partial charge in [0.1, 0.15) is 11.5 Å². The molecule has 1 saturated heterocycles. The van der Waals surface area contributed by atoms with Gasteiger partial charge in [0.2, 0.25) is 0 Å². The average Bonchev–Trinajstić information content (AvgIpc) is 2.46. The Hall–Kier alpha value is -1.75. The van der Waals surface area contributed by atoms with Gasteiger partial charge in [-0.3, -0.25) is 4.79 Å². The molecule has 0 radical (unpaired) electrons. The minimum atomic E-state index is 0.0196. The van der Waals surface area contributed by atoms with Crippen LogP contribution in [0.2, 0.25) is 0 Å². The van der Waals surface area contributed by atoms with Crippen molar-refractivity contribution in [3.8, 4) is 11.5 Å². The van der Waals surface area contributed by atoms with E-state index < -0.39 is 0 Å². The van der Waals surface area contributed by atoms with Crippen molar-refractivity contribution < 1.29 is 14.3 Å². The van der Waals surface area contributed by atoms with Gasteiger partial charge in [0.25, 0.3) is 5.91 Å². The molecular weight excluding hydrogens is 244 g/mol. The number of methoxy groups -OCH3 is 2. The molecule has 1 aromatic rings. The molecule has 104 valence electrons. The molecular formula is C14H20N2O3. The lowest BCUT2D eigenvalue weighted by Crippen LogP contribution is -2.52. The number of carbonyl (C=O) groups excluding carboxylic acids is 1. The summed E-state index contributed by atoms with van der Waals surface area (Å²) in [6.07, 6.45) is 0. The Morgan fingerprint density at radius 1 is 1.26 bits per heavy atom. The summed E-state index contributed by atoms with van der Waals surface area (Å²) in [6, 6.07) is 5.45. The summed E-state index contributed by atoms with van der Waals surface area (Å²) < 4.78 is 10.4. The molecule has 2 rings (SSSR count). The second kappa shape index (κ2) is 5.93. The molecule has 1 aliphatic heterocycles. The van der Waals surface area contributed by atoms with Crippen LogP contribution in [0.4, 0.5) is 0 Å². The second-order valence-electron chi connectivity index (χ2n) is 4.65. The molecule has 0 bridgehead atoms. The van der Waals surface area contributed by atoms with Crippen LogP contribution in [0.1, 0.15) is 17.3 Å². The van der Waals surface area contributed by atoms with Crippen molar-refractivity contribution in [2.45, 2.75) is 13.0 Å². The van der Waals surface area contributed by atoms with Crippen molar-refractivity contribution >= 4 is 5.91 Å². The lowest BCUT2D eigenvalue weighted by molar-refractivity contribution is 0.0655. The molecule has 0 saturated carbocycles. The number of rotatable bonds is 3. The lowest BCUT2D eigenvalue weighted by atomic mass is 10.1. The molecule has 19 heavy (non-hydrogen) atoms. The van der Waals surface area contributed by atoms with Gasteiger partial charge >= 0.3 is 0 Å². The third-order valence-corrected chi connectivity index (χ3v) is 3.36. The van der Waals surface area contributed by atoms with Gasteiger partial charge in [-0.15, -0.1) is 0 Å². The standard InChI is InChI=1S/C14H20N2O3/c1-10-9-15-4-5-16(10)14(17)11-6-12(18-2)8-13(7-11)19-3/h6-8,10,15H,4-5,9H2,1-3H3/t10-/m1/s1. The monoisotopic (exact) mass is 264 g/mol. The van der Waals surface area contributed by atoms with Gasteiger partial charge in [-0.25, -0.2) is 0 Å². The number of hydrogen-bond acceptors (Lipinski definition) is 4. The van der Waals surface area contributed by atoms with Gasteiger partial charge in [0, 0.05) is 37.3 Å². The smallest absolute Gasteiger partial charge is 0.254 e. The maximum Gasteiger partial charge on any atom is 0.254 e. The zero-order valence-electron chi connectivity index (χ0n) is 11.6. The summed E-state index contributed by atoms with van der Waals surface area (Å²) in [5.41, 5.74) is 0.602. The van der Waals surface area contributed by atoms with Crippen molar-refractivity contribution in [3.63, 3.8) is 0 Å². The Kier molecular flexibility index (Phi) is 4.27. The van der Waals surface area contributed by atoms with Crippen LogP contribution in [0.15, 0.2) is 18.2 Å². The van der Waals surface area contributed by atoms with E-state index in [0.717, 1.165) is 19.6 Å². The SMILES string of the molecule is COc1cc(OC)cc(C(=O)N2CCNC[C@H]2C)c1. The Balaban J connectivity index is 2.26. The number of nitrogens with zero attached hydrogens (tertiary/aromatic N) is 1. The first-order valence-electron chi connectivity index (χ1n) is 6.40. The van der Waals surface area contributed by atoms with E-state index in [4.69, 9.17) is 9.47 Å². The highest BCUT2D eigenvalue weighted by atomic mass is 16.5. The highest BCUT2D eigenvalue weighted by molar-refractivity contribution is 5.95. The van der Waals surface area contributed by atoms with E-state index in [2.05, 4.69) is 5.32 Å². The van der Waals surface area contributed by atoms with E-state index >= 15 is 0 Å². The summed E-state index contributed by atoms with van der Waals surface area (Å²) >= 11 is 0. The van der Waals surface area contributed by atoms with E-state index in [1.165, 1.54) is 0 Å². The zero-order chi connectivity index (χ0) is 13.8. The van der Waals surface area contributed by atoms with Crippen LogP contribution < -0.4 is 14.8 Å². The first kappa shape index (κ1) is 13.7. The van der Waals surface area contributed by atoms with Crippen molar-refractivity contribution in [3.05, 3.63) is 23.8 Å². The van der Waals surface area contributed by atoms with E-state index in [1.807, 2.05) is 11.8 Å². The Bertz CT molecular complexity index is 440. The molecule has 1 amide bonds. The van der Waals surface area contributed by atoms with Gasteiger partial charge in [-0.1, -0.05) is 0 Å². The first-order valence-corrected chi connectivity index (χ1v) is 6.40. The number of benzene rings is 1. The minimum Gasteiger partial charge on any atom is -0.497 e. The molecule has 5 nitrogen and oxygen atoms in total. The van der Waals surface area contributed by atoms with Gasteiger partial charge in [-0.2, -0.15) is 0 Å². The van der Waals surface area contributed by atoms with Crippen molar-refractivity contribution in [1.82, 2.24) is 10.2 Å². The predicted molar refractivity (Wildman–Crippen MR) is 72.9 cm³/mol. The maximum absolute atomic E-state index is 12.5. The molecule has 1 heterocycles. The Labute approximate surface area is 113 Å². The van der Waals surface area contributed by atoms with Crippen LogP contribution in [0, 0.1) is 0 Å². The molecule has 1 aliphatic rings. The maximum atomic E-state index is 12.5. The van der Waals surface area contributed by atoms with Crippen LogP contribution in [0.5, 0.6) is 11.5 Å². The van der Waals surface area contributed by atoms with Crippen LogP contribution >= 0.6 is 0 Å². The molecule has 0 spiro atoms.